The molecule has 1 N–H and O–H groups in total. The Hall–Kier alpha value is -0.353. The molecule has 0 saturated carbocycles. The van der Waals surface area contributed by atoms with Crippen molar-refractivity contribution in [1.82, 2.24) is 0 Å². The summed E-state index contributed by atoms with van der Waals surface area (Å²) in [7, 11) is -6.54. The number of hydrogen-bond donors (Lipinski definition) is 1. The Morgan fingerprint density at radius 3 is 1.91 bits per heavy atom. The molecule has 0 aliphatic rings. The van der Waals surface area contributed by atoms with E-state index in [-0.39, 0.29) is 6.04 Å². The Balaban J connectivity index is 3.18. The van der Waals surface area contributed by atoms with Crippen molar-refractivity contribution in [1.29, 1.82) is 0 Å². The summed E-state index contributed by atoms with van der Waals surface area (Å²) < 4.78 is 39.5. The van der Waals surface area contributed by atoms with Gasteiger partial charge in [-0.15, -0.1) is 0 Å². The lowest BCUT2D eigenvalue weighted by molar-refractivity contribution is 0.0709. The van der Waals surface area contributed by atoms with E-state index in [9.17, 15) is 8.76 Å². The van der Waals surface area contributed by atoms with Crippen LogP contribution in [0, 0.1) is 0 Å². The van der Waals surface area contributed by atoms with E-state index >= 15 is 0 Å². The quantitative estimate of drug-likeness (QED) is 0.644. The molecule has 126 valence electrons. The predicted octanol–water partition coefficient (Wildman–Crippen LogP) is 3.00. The van der Waals surface area contributed by atoms with E-state index < -0.39 is 22.8 Å². The SMILES string of the molecule is CCO[Si](CC(c1ccccc1)S(=O)(O)=S)(OCC)OCC. The molecule has 1 aromatic rings. The fourth-order valence-corrected chi connectivity index (χ4v) is 7.77. The zero-order valence-electron chi connectivity index (χ0n) is 13.2. The van der Waals surface area contributed by atoms with E-state index in [1.165, 1.54) is 0 Å². The summed E-state index contributed by atoms with van der Waals surface area (Å²) in [5, 5.41) is -0.764. The molecule has 0 aliphatic heterocycles. The fraction of sp³-hybridized carbons (Fsp3) is 0.571. The number of rotatable bonds is 10. The van der Waals surface area contributed by atoms with Crippen molar-refractivity contribution in [3.8, 4) is 0 Å². The second-order valence-electron chi connectivity index (χ2n) is 4.60. The van der Waals surface area contributed by atoms with Crippen molar-refractivity contribution in [3.05, 3.63) is 35.9 Å². The minimum atomic E-state index is -3.48. The lowest BCUT2D eigenvalue weighted by Crippen LogP contribution is -2.47. The highest BCUT2D eigenvalue weighted by Crippen LogP contribution is 2.33. The molecule has 0 spiro atoms. The van der Waals surface area contributed by atoms with Gasteiger partial charge < -0.3 is 17.8 Å². The van der Waals surface area contributed by atoms with Gasteiger partial charge in [0.1, 0.15) is 8.77 Å². The van der Waals surface area contributed by atoms with Crippen molar-refractivity contribution >= 4 is 28.8 Å². The Morgan fingerprint density at radius 2 is 1.55 bits per heavy atom. The van der Waals surface area contributed by atoms with Crippen molar-refractivity contribution in [2.24, 2.45) is 0 Å². The first kappa shape index (κ1) is 19.7. The van der Waals surface area contributed by atoms with Gasteiger partial charge in [-0.05, 0) is 26.3 Å². The van der Waals surface area contributed by atoms with Crippen LogP contribution in [-0.2, 0) is 33.2 Å². The Bertz CT molecular complexity index is 518. The van der Waals surface area contributed by atoms with Crippen LogP contribution in [0.5, 0.6) is 0 Å². The first-order valence-electron chi connectivity index (χ1n) is 7.31. The summed E-state index contributed by atoms with van der Waals surface area (Å²) in [6.45, 7) is 6.79. The summed E-state index contributed by atoms with van der Waals surface area (Å²) >= 11 is 4.85. The lowest BCUT2D eigenvalue weighted by atomic mass is 10.2. The summed E-state index contributed by atoms with van der Waals surface area (Å²) in [4.78, 5) is 0. The highest BCUT2D eigenvalue weighted by Gasteiger charge is 2.45. The van der Waals surface area contributed by atoms with Gasteiger partial charge in [-0.2, -0.15) is 0 Å². The van der Waals surface area contributed by atoms with E-state index in [0.717, 1.165) is 0 Å². The third-order valence-corrected chi connectivity index (χ3v) is 8.30. The second kappa shape index (κ2) is 9.07. The molecule has 0 heterocycles. The highest BCUT2D eigenvalue weighted by molar-refractivity contribution is 8.29. The normalized spacial score (nSPS) is 16.2. The van der Waals surface area contributed by atoms with Crippen molar-refractivity contribution in [2.45, 2.75) is 32.1 Å². The van der Waals surface area contributed by atoms with Crippen LogP contribution in [0.3, 0.4) is 0 Å². The average molecular weight is 365 g/mol. The molecule has 2 atom stereocenters. The van der Waals surface area contributed by atoms with Crippen LogP contribution in [0.4, 0.5) is 0 Å². The van der Waals surface area contributed by atoms with Crippen molar-refractivity contribution in [2.75, 3.05) is 19.8 Å². The molecule has 8 heteroatoms. The molecular weight excluding hydrogens is 340 g/mol. The zero-order valence-corrected chi connectivity index (χ0v) is 15.8. The average Bonchev–Trinajstić information content (AvgIpc) is 2.45. The lowest BCUT2D eigenvalue weighted by Gasteiger charge is -2.31. The number of hydrogen-bond acceptors (Lipinski definition) is 5. The summed E-state index contributed by atoms with van der Waals surface area (Å²) in [6, 6.07) is 9.24. The molecule has 0 fully saturated rings. The minimum Gasteiger partial charge on any atom is -0.374 e. The molecule has 1 aromatic carbocycles. The third-order valence-electron chi connectivity index (χ3n) is 3.06. The Morgan fingerprint density at radius 1 is 1.09 bits per heavy atom. The van der Waals surface area contributed by atoms with Gasteiger partial charge in [0.25, 0.3) is 0 Å². The molecular formula is C14H24O5S2Si. The molecule has 0 aromatic heterocycles. The third kappa shape index (κ3) is 5.69. The molecule has 0 radical (unpaired) electrons. The zero-order chi connectivity index (χ0) is 16.6. The van der Waals surface area contributed by atoms with E-state index in [1.807, 2.05) is 39.0 Å². The van der Waals surface area contributed by atoms with Gasteiger partial charge in [0.15, 0.2) is 0 Å². The molecule has 0 aliphatic carbocycles. The van der Waals surface area contributed by atoms with E-state index in [2.05, 4.69) is 0 Å². The maximum absolute atomic E-state index is 12.2. The Kier molecular flexibility index (Phi) is 8.12. The van der Waals surface area contributed by atoms with Gasteiger partial charge in [0.2, 0.25) is 0 Å². The van der Waals surface area contributed by atoms with Crippen LogP contribution in [-0.4, -0.2) is 37.4 Å². The first-order chi connectivity index (χ1) is 10.4. The standard InChI is InChI=1S/C14H24O5S2Si/c1-4-17-22(18-5-2,19-6-3)12-14(21(15,16)20)13-10-8-7-9-11-13/h7-11,14H,4-6,12H2,1-3H3,(H,15,16,20). The molecule has 1 rings (SSSR count). The second-order valence-corrected chi connectivity index (χ2v) is 10.3. The fourth-order valence-electron chi connectivity index (χ4n) is 2.25. The van der Waals surface area contributed by atoms with Gasteiger partial charge in [-0.3, -0.25) is 0 Å². The number of benzene rings is 1. The van der Waals surface area contributed by atoms with Crippen LogP contribution in [0.2, 0.25) is 6.04 Å². The van der Waals surface area contributed by atoms with E-state index in [4.69, 9.17) is 24.5 Å². The molecule has 5 nitrogen and oxygen atoms in total. The summed E-state index contributed by atoms with van der Waals surface area (Å²) in [5.41, 5.74) is 0.695. The highest BCUT2D eigenvalue weighted by atomic mass is 32.8. The molecule has 22 heavy (non-hydrogen) atoms. The minimum absolute atomic E-state index is 0.186. The van der Waals surface area contributed by atoms with Crippen LogP contribution >= 0.6 is 0 Å². The van der Waals surface area contributed by atoms with E-state index in [1.54, 1.807) is 12.1 Å². The van der Waals surface area contributed by atoms with Crippen LogP contribution < -0.4 is 0 Å². The monoisotopic (exact) mass is 364 g/mol. The smallest absolute Gasteiger partial charge is 0.374 e. The maximum Gasteiger partial charge on any atom is 0.502 e. The van der Waals surface area contributed by atoms with Gasteiger partial charge in [-0.1, -0.05) is 30.3 Å². The molecule has 0 bridgehead atoms. The molecule has 0 saturated heterocycles. The van der Waals surface area contributed by atoms with Crippen molar-refractivity contribution < 1.29 is 22.0 Å². The van der Waals surface area contributed by atoms with Crippen LogP contribution in [0.25, 0.3) is 0 Å². The van der Waals surface area contributed by atoms with Crippen LogP contribution in [0.15, 0.2) is 30.3 Å². The van der Waals surface area contributed by atoms with E-state index in [0.29, 0.717) is 25.4 Å². The summed E-state index contributed by atoms with van der Waals surface area (Å²) in [5.74, 6) is 0. The van der Waals surface area contributed by atoms with Gasteiger partial charge in [-0.25, -0.2) is 4.21 Å². The van der Waals surface area contributed by atoms with Gasteiger partial charge in [0, 0.05) is 37.1 Å². The van der Waals surface area contributed by atoms with Crippen LogP contribution in [0.1, 0.15) is 31.6 Å². The predicted molar refractivity (Wildman–Crippen MR) is 92.8 cm³/mol. The first-order valence-corrected chi connectivity index (χ1v) is 11.7. The summed E-state index contributed by atoms with van der Waals surface area (Å²) in [6.07, 6.45) is 0. The van der Waals surface area contributed by atoms with Gasteiger partial charge in [0.05, 0.1) is 5.25 Å². The van der Waals surface area contributed by atoms with Gasteiger partial charge >= 0.3 is 8.80 Å². The molecule has 2 unspecified atom stereocenters. The van der Waals surface area contributed by atoms with Crippen molar-refractivity contribution in [3.63, 3.8) is 0 Å². The Labute approximate surface area is 138 Å². The maximum atomic E-state index is 12.2. The topological polar surface area (TPSA) is 65.0 Å². The largest absolute Gasteiger partial charge is 0.502 e. The molecule has 0 amide bonds.